The molecule has 0 aliphatic carbocycles. The monoisotopic (exact) mass is 674 g/mol. The van der Waals surface area contributed by atoms with Gasteiger partial charge in [-0.3, -0.25) is 9.97 Å². The number of nitrogens with zero attached hydrogens (tertiary/aromatic N) is 6. The second-order valence-electron chi connectivity index (χ2n) is 16.8. The number of hydrogen-bond acceptors (Lipinski definition) is 8. The Balaban J connectivity index is 1.25. The predicted molar refractivity (Wildman–Crippen MR) is 203 cm³/mol. The lowest BCUT2D eigenvalue weighted by atomic mass is 9.79. The molecule has 0 atom stereocenters. The van der Waals surface area contributed by atoms with Crippen LogP contribution in [0.5, 0.6) is 0 Å². The minimum atomic E-state index is 0.0314. The summed E-state index contributed by atoms with van der Waals surface area (Å²) in [6, 6.07) is 13.6. The number of benzene rings is 2. The van der Waals surface area contributed by atoms with E-state index in [0.29, 0.717) is 0 Å². The number of aromatic nitrogens is 6. The molecule has 48 heavy (non-hydrogen) atoms. The van der Waals surface area contributed by atoms with Gasteiger partial charge in [0.05, 0.1) is 36.2 Å². The predicted octanol–water partition coefficient (Wildman–Crippen LogP) is 11.2. The van der Waals surface area contributed by atoms with Crippen molar-refractivity contribution in [3.05, 3.63) is 83.4 Å². The van der Waals surface area contributed by atoms with Crippen LogP contribution in [0.1, 0.15) is 105 Å². The third-order valence-electron chi connectivity index (χ3n) is 8.64. The average Bonchev–Trinajstić information content (AvgIpc) is 3.59. The maximum atomic E-state index is 4.88. The number of thiazole rings is 2. The van der Waals surface area contributed by atoms with Crippen LogP contribution >= 0.6 is 22.7 Å². The van der Waals surface area contributed by atoms with Crippen LogP contribution in [0.25, 0.3) is 53.6 Å². The van der Waals surface area contributed by atoms with Crippen molar-refractivity contribution < 1.29 is 0 Å². The largest absolute Gasteiger partial charge is 0.252 e. The molecule has 6 rings (SSSR count). The molecule has 0 radical (unpaired) electrons. The van der Waals surface area contributed by atoms with Crippen LogP contribution in [0.4, 0.5) is 0 Å². The first-order valence-corrected chi connectivity index (χ1v) is 18.1. The molecule has 0 aliphatic heterocycles. The van der Waals surface area contributed by atoms with Gasteiger partial charge in [-0.25, -0.2) is 19.9 Å². The summed E-state index contributed by atoms with van der Waals surface area (Å²) in [5, 5.41) is 1.62. The van der Waals surface area contributed by atoms with Crippen LogP contribution in [-0.2, 0) is 21.7 Å². The second-order valence-corrected chi connectivity index (χ2v) is 18.8. The van der Waals surface area contributed by atoms with E-state index < -0.39 is 0 Å². The van der Waals surface area contributed by atoms with Gasteiger partial charge in [-0.2, -0.15) is 0 Å². The smallest absolute Gasteiger partial charge is 0.156 e. The van der Waals surface area contributed by atoms with Gasteiger partial charge in [0, 0.05) is 11.1 Å². The molecule has 0 saturated carbocycles. The first-order chi connectivity index (χ1) is 22.3. The molecule has 4 heterocycles. The van der Waals surface area contributed by atoms with Gasteiger partial charge >= 0.3 is 0 Å². The zero-order chi connectivity index (χ0) is 34.8. The Bertz CT molecular complexity index is 1850. The first kappa shape index (κ1) is 34.0. The topological polar surface area (TPSA) is 77.3 Å². The zero-order valence-electron chi connectivity index (χ0n) is 30.3. The van der Waals surface area contributed by atoms with Crippen molar-refractivity contribution in [2.24, 2.45) is 0 Å². The van der Waals surface area contributed by atoms with E-state index >= 15 is 0 Å². The van der Waals surface area contributed by atoms with Crippen LogP contribution in [-0.4, -0.2) is 29.9 Å². The van der Waals surface area contributed by atoms with Crippen molar-refractivity contribution in [2.75, 3.05) is 0 Å². The Morgan fingerprint density at radius 2 is 0.646 bits per heavy atom. The van der Waals surface area contributed by atoms with E-state index in [9.17, 15) is 0 Å². The standard InChI is InChI=1S/C40H46N6S2/c1-37(2,3)25-13-23(14-26(17-25)38(4,5)6)29-19-43-31(21-41-29)33-45-35-36(47-33)46-34(48-35)32-22-42-30(20-44-32)24-15-27(39(7,8)9)18-28(16-24)40(10,11)12/h13-22H,1-12H3. The molecule has 8 heteroatoms. The minimum Gasteiger partial charge on any atom is -0.252 e. The Morgan fingerprint density at radius 3 is 0.896 bits per heavy atom. The van der Waals surface area contributed by atoms with Gasteiger partial charge in [0.25, 0.3) is 0 Å². The minimum absolute atomic E-state index is 0.0314. The molecular weight excluding hydrogens is 629 g/mol. The molecule has 6 aromatic rings. The Morgan fingerprint density at radius 1 is 0.375 bits per heavy atom. The quantitative estimate of drug-likeness (QED) is 0.185. The highest BCUT2D eigenvalue weighted by atomic mass is 32.1. The summed E-state index contributed by atoms with van der Waals surface area (Å²) in [5.74, 6) is 0. The Labute approximate surface area is 293 Å². The highest BCUT2D eigenvalue weighted by Gasteiger charge is 2.23. The molecule has 2 aromatic carbocycles. The van der Waals surface area contributed by atoms with Crippen LogP contribution < -0.4 is 0 Å². The molecule has 0 saturated heterocycles. The normalized spacial score (nSPS) is 13.0. The fourth-order valence-electron chi connectivity index (χ4n) is 5.32. The molecule has 6 nitrogen and oxygen atoms in total. The van der Waals surface area contributed by atoms with Gasteiger partial charge in [0.2, 0.25) is 0 Å². The van der Waals surface area contributed by atoms with Gasteiger partial charge in [0.15, 0.2) is 9.66 Å². The number of fused-ring (bicyclic) bond motifs is 1. The van der Waals surface area contributed by atoms with Crippen LogP contribution in [0, 0.1) is 0 Å². The second kappa shape index (κ2) is 11.9. The van der Waals surface area contributed by atoms with E-state index in [1.807, 2.05) is 24.8 Å². The highest BCUT2D eigenvalue weighted by molar-refractivity contribution is 7.29. The molecule has 0 N–H and O–H groups in total. The molecule has 0 spiro atoms. The summed E-state index contributed by atoms with van der Waals surface area (Å²) in [6.07, 6.45) is 7.36. The molecule has 0 fully saturated rings. The average molecular weight is 675 g/mol. The maximum Gasteiger partial charge on any atom is 0.156 e. The summed E-state index contributed by atoms with van der Waals surface area (Å²) in [5.41, 5.74) is 10.7. The highest BCUT2D eigenvalue weighted by Crippen LogP contribution is 2.38. The van der Waals surface area contributed by atoms with E-state index in [2.05, 4.69) is 119 Å². The molecule has 0 unspecified atom stereocenters. The van der Waals surface area contributed by atoms with Gasteiger partial charge < -0.3 is 0 Å². The van der Waals surface area contributed by atoms with Crippen LogP contribution in [0.3, 0.4) is 0 Å². The van der Waals surface area contributed by atoms with Crippen molar-refractivity contribution in [1.82, 2.24) is 29.9 Å². The fourth-order valence-corrected chi connectivity index (χ4v) is 7.28. The number of rotatable bonds is 4. The molecule has 248 valence electrons. The fraction of sp³-hybridized carbons (Fsp3) is 0.400. The van der Waals surface area contributed by atoms with Crippen molar-refractivity contribution in [3.8, 4) is 43.9 Å². The van der Waals surface area contributed by atoms with Crippen molar-refractivity contribution in [1.29, 1.82) is 0 Å². The summed E-state index contributed by atoms with van der Waals surface area (Å²) in [4.78, 5) is 30.7. The SMILES string of the molecule is CC(C)(C)c1cc(-c2cnc(-c3nc4sc(-c5cnc(-c6cc(C(C)(C)C)cc(C(C)(C)C)c6)cn5)nc4s3)cn2)cc(C(C)(C)C)c1. The van der Waals surface area contributed by atoms with Crippen molar-refractivity contribution >= 4 is 32.3 Å². The summed E-state index contributed by atoms with van der Waals surface area (Å²) < 4.78 is 0. The van der Waals surface area contributed by atoms with Gasteiger partial charge in [0.1, 0.15) is 21.4 Å². The van der Waals surface area contributed by atoms with Crippen LogP contribution in [0.15, 0.2) is 61.2 Å². The lowest BCUT2D eigenvalue weighted by molar-refractivity contribution is 0.568. The van der Waals surface area contributed by atoms with E-state index in [4.69, 9.17) is 29.9 Å². The number of hydrogen-bond donors (Lipinski definition) is 0. The van der Waals surface area contributed by atoms with E-state index in [0.717, 1.165) is 53.6 Å². The third-order valence-corrected chi connectivity index (χ3v) is 10.7. The molecule has 0 aliphatic rings. The lowest BCUT2D eigenvalue weighted by Gasteiger charge is -2.26. The van der Waals surface area contributed by atoms with Crippen LogP contribution in [0.2, 0.25) is 0 Å². The van der Waals surface area contributed by atoms with Gasteiger partial charge in [-0.15, -0.1) is 0 Å². The first-order valence-electron chi connectivity index (χ1n) is 16.5. The van der Waals surface area contributed by atoms with Gasteiger partial charge in [-0.05, 0) is 68.2 Å². The third kappa shape index (κ3) is 7.10. The van der Waals surface area contributed by atoms with E-state index in [1.165, 1.54) is 44.9 Å². The molecule has 0 bridgehead atoms. The van der Waals surface area contributed by atoms with Gasteiger partial charge in [-0.1, -0.05) is 118 Å². The Hall–Kier alpha value is -3.88. The lowest BCUT2D eigenvalue weighted by Crippen LogP contribution is -2.16. The van der Waals surface area contributed by atoms with E-state index in [-0.39, 0.29) is 21.7 Å². The summed E-state index contributed by atoms with van der Waals surface area (Å²) >= 11 is 3.05. The summed E-state index contributed by atoms with van der Waals surface area (Å²) in [7, 11) is 0. The zero-order valence-corrected chi connectivity index (χ0v) is 31.9. The van der Waals surface area contributed by atoms with Crippen molar-refractivity contribution in [2.45, 2.75) is 105 Å². The molecule has 0 amide bonds. The van der Waals surface area contributed by atoms with E-state index in [1.54, 1.807) is 0 Å². The Kier molecular flexibility index (Phi) is 8.44. The summed E-state index contributed by atoms with van der Waals surface area (Å²) in [6.45, 7) is 27.0. The van der Waals surface area contributed by atoms with Crippen molar-refractivity contribution in [3.63, 3.8) is 0 Å². The maximum absolute atomic E-state index is 4.88. The molecular formula is C40H46N6S2. The molecule has 4 aromatic heterocycles.